The summed E-state index contributed by atoms with van der Waals surface area (Å²) >= 11 is 1.41. The number of carbonyl (C=O) groups excluding carboxylic acids is 2. The summed E-state index contributed by atoms with van der Waals surface area (Å²) in [5.74, 6) is -0.0362. The number of nitrogens with zero attached hydrogens (tertiary/aromatic N) is 2. The van der Waals surface area contributed by atoms with Crippen LogP contribution in [0.15, 0.2) is 66.7 Å². The molecule has 0 saturated carbocycles. The van der Waals surface area contributed by atoms with E-state index in [9.17, 15) is 9.59 Å². The molecule has 2 heterocycles. The molecular formula is C20H16N2O2S. The van der Waals surface area contributed by atoms with E-state index in [0.29, 0.717) is 10.4 Å². The van der Waals surface area contributed by atoms with Crippen molar-refractivity contribution in [2.45, 2.75) is 6.17 Å². The third-order valence-electron chi connectivity index (χ3n) is 4.40. The molecule has 25 heavy (non-hydrogen) atoms. The van der Waals surface area contributed by atoms with Gasteiger partial charge in [-0.25, -0.2) is 0 Å². The van der Waals surface area contributed by atoms with Crippen molar-refractivity contribution in [3.8, 4) is 0 Å². The van der Waals surface area contributed by atoms with E-state index in [1.165, 1.54) is 11.3 Å². The minimum Gasteiger partial charge on any atom is -0.349 e. The van der Waals surface area contributed by atoms with E-state index in [1.54, 1.807) is 11.0 Å². The van der Waals surface area contributed by atoms with Gasteiger partial charge >= 0.3 is 0 Å². The van der Waals surface area contributed by atoms with Crippen molar-refractivity contribution in [1.82, 2.24) is 0 Å². The molecule has 1 atom stereocenters. The molecule has 1 aliphatic heterocycles. The van der Waals surface area contributed by atoms with E-state index in [4.69, 9.17) is 0 Å². The molecule has 0 bridgehead atoms. The molecule has 124 valence electrons. The van der Waals surface area contributed by atoms with Crippen molar-refractivity contribution in [2.24, 2.45) is 0 Å². The summed E-state index contributed by atoms with van der Waals surface area (Å²) in [4.78, 5) is 29.9. The summed E-state index contributed by atoms with van der Waals surface area (Å²) in [6.07, 6.45) is 0.558. The fourth-order valence-electron chi connectivity index (χ4n) is 3.24. The van der Waals surface area contributed by atoms with E-state index in [-0.39, 0.29) is 12.1 Å². The topological polar surface area (TPSA) is 40.6 Å². The highest BCUT2D eigenvalue weighted by atomic mass is 32.1. The minimum absolute atomic E-state index is 0.0362. The van der Waals surface area contributed by atoms with Gasteiger partial charge < -0.3 is 4.90 Å². The fourth-order valence-corrected chi connectivity index (χ4v) is 4.20. The first kappa shape index (κ1) is 15.6. The van der Waals surface area contributed by atoms with E-state index < -0.39 is 0 Å². The van der Waals surface area contributed by atoms with E-state index in [1.807, 2.05) is 67.7 Å². The fraction of sp³-hybridized carbons (Fsp3) is 0.100. The van der Waals surface area contributed by atoms with Crippen molar-refractivity contribution < 1.29 is 9.59 Å². The van der Waals surface area contributed by atoms with Crippen LogP contribution in [-0.4, -0.2) is 19.2 Å². The van der Waals surface area contributed by atoms with Crippen LogP contribution < -0.4 is 9.80 Å². The predicted octanol–water partition coefficient (Wildman–Crippen LogP) is 4.36. The van der Waals surface area contributed by atoms with Crippen LogP contribution in [0.25, 0.3) is 0 Å². The zero-order valence-corrected chi connectivity index (χ0v) is 14.4. The molecule has 1 amide bonds. The first-order valence-corrected chi connectivity index (χ1v) is 8.78. The Morgan fingerprint density at radius 3 is 2.40 bits per heavy atom. The SMILES string of the molecule is CN1c2ccccc2C(=O)N(c2ccccc2)C1c1ccc(C=O)s1. The van der Waals surface area contributed by atoms with Crippen LogP contribution in [-0.2, 0) is 0 Å². The van der Waals surface area contributed by atoms with Crippen LogP contribution in [0, 0.1) is 0 Å². The Kier molecular flexibility index (Phi) is 3.86. The standard InChI is InChI=1S/C20H16N2O2S/c1-21-17-10-6-5-9-16(17)20(24)22(14-7-3-2-4-8-14)19(21)18-12-11-15(13-23)25-18/h2-13,19H,1H3. The number of carbonyl (C=O) groups is 2. The molecule has 0 aliphatic carbocycles. The van der Waals surface area contributed by atoms with Gasteiger partial charge in [0.05, 0.1) is 16.1 Å². The second-order valence-corrected chi connectivity index (χ2v) is 7.02. The zero-order chi connectivity index (χ0) is 17.4. The number of hydrogen-bond donors (Lipinski definition) is 0. The Morgan fingerprint density at radius 1 is 0.960 bits per heavy atom. The van der Waals surface area contributed by atoms with Crippen molar-refractivity contribution in [3.63, 3.8) is 0 Å². The molecule has 3 aromatic rings. The molecule has 0 spiro atoms. The number of para-hydroxylation sites is 2. The number of anilines is 2. The Labute approximate surface area is 149 Å². The quantitative estimate of drug-likeness (QED) is 0.661. The second-order valence-electron chi connectivity index (χ2n) is 5.87. The molecule has 4 rings (SSSR count). The summed E-state index contributed by atoms with van der Waals surface area (Å²) in [5.41, 5.74) is 2.41. The highest BCUT2D eigenvalue weighted by Gasteiger charge is 2.38. The Balaban J connectivity index is 1.91. The number of rotatable bonds is 3. The molecule has 0 N–H and O–H groups in total. The molecule has 0 fully saturated rings. The van der Waals surface area contributed by atoms with Gasteiger partial charge in [-0.15, -0.1) is 11.3 Å². The van der Waals surface area contributed by atoms with Crippen LogP contribution in [0.2, 0.25) is 0 Å². The average Bonchev–Trinajstić information content (AvgIpc) is 3.14. The van der Waals surface area contributed by atoms with Crippen molar-refractivity contribution >= 4 is 34.9 Å². The van der Waals surface area contributed by atoms with Crippen LogP contribution in [0.1, 0.15) is 31.1 Å². The van der Waals surface area contributed by atoms with Crippen LogP contribution >= 0.6 is 11.3 Å². The first-order valence-electron chi connectivity index (χ1n) is 7.96. The van der Waals surface area contributed by atoms with Crippen LogP contribution in [0.5, 0.6) is 0 Å². The Bertz CT molecular complexity index is 936. The maximum absolute atomic E-state index is 13.3. The first-order chi connectivity index (χ1) is 12.2. The normalized spacial score (nSPS) is 16.7. The molecule has 5 heteroatoms. The van der Waals surface area contributed by atoms with Crippen molar-refractivity contribution in [2.75, 3.05) is 16.8 Å². The second kappa shape index (κ2) is 6.18. The van der Waals surface area contributed by atoms with Crippen molar-refractivity contribution in [1.29, 1.82) is 0 Å². The van der Waals surface area contributed by atoms with Gasteiger partial charge in [0.25, 0.3) is 5.91 Å². The lowest BCUT2D eigenvalue weighted by molar-refractivity contribution is 0.0970. The number of aldehydes is 1. The molecule has 1 aromatic heterocycles. The van der Waals surface area contributed by atoms with Gasteiger partial charge in [0.1, 0.15) is 6.17 Å². The Hall–Kier alpha value is -2.92. The molecule has 4 nitrogen and oxygen atoms in total. The summed E-state index contributed by atoms with van der Waals surface area (Å²) in [7, 11) is 1.98. The van der Waals surface area contributed by atoms with Gasteiger partial charge in [-0.3, -0.25) is 14.5 Å². The minimum atomic E-state index is -0.288. The smallest absolute Gasteiger partial charge is 0.262 e. The van der Waals surface area contributed by atoms with Gasteiger partial charge in [-0.05, 0) is 36.4 Å². The Morgan fingerprint density at radius 2 is 1.68 bits per heavy atom. The number of benzene rings is 2. The number of thiophene rings is 1. The van der Waals surface area contributed by atoms with Gasteiger partial charge in [-0.1, -0.05) is 30.3 Å². The van der Waals surface area contributed by atoms with E-state index in [0.717, 1.165) is 22.5 Å². The highest BCUT2D eigenvalue weighted by molar-refractivity contribution is 7.13. The lowest BCUT2D eigenvalue weighted by Gasteiger charge is -2.43. The van der Waals surface area contributed by atoms with Gasteiger partial charge in [0, 0.05) is 17.6 Å². The average molecular weight is 348 g/mol. The van der Waals surface area contributed by atoms with Gasteiger partial charge in [0.2, 0.25) is 0 Å². The monoisotopic (exact) mass is 348 g/mol. The lowest BCUT2D eigenvalue weighted by atomic mass is 10.0. The number of hydrogen-bond acceptors (Lipinski definition) is 4. The maximum atomic E-state index is 13.3. The number of fused-ring (bicyclic) bond motifs is 1. The molecule has 1 unspecified atom stereocenters. The summed E-state index contributed by atoms with van der Waals surface area (Å²) < 4.78 is 0. The summed E-state index contributed by atoms with van der Waals surface area (Å²) in [6.45, 7) is 0. The third-order valence-corrected chi connectivity index (χ3v) is 5.45. The maximum Gasteiger partial charge on any atom is 0.262 e. The zero-order valence-electron chi connectivity index (χ0n) is 13.6. The third kappa shape index (κ3) is 2.53. The molecular weight excluding hydrogens is 332 g/mol. The van der Waals surface area contributed by atoms with Crippen LogP contribution in [0.3, 0.4) is 0 Å². The summed E-state index contributed by atoms with van der Waals surface area (Å²) in [5, 5.41) is 0. The molecule has 1 aliphatic rings. The molecule has 0 radical (unpaired) electrons. The van der Waals surface area contributed by atoms with Crippen molar-refractivity contribution in [3.05, 3.63) is 82.0 Å². The van der Waals surface area contributed by atoms with Crippen LogP contribution in [0.4, 0.5) is 11.4 Å². The molecule has 2 aromatic carbocycles. The lowest BCUT2D eigenvalue weighted by Crippen LogP contribution is -2.47. The van der Waals surface area contributed by atoms with E-state index >= 15 is 0 Å². The summed E-state index contributed by atoms with van der Waals surface area (Å²) in [6, 6.07) is 21.0. The molecule has 0 saturated heterocycles. The number of amides is 1. The highest BCUT2D eigenvalue weighted by Crippen LogP contribution is 2.41. The van der Waals surface area contributed by atoms with Gasteiger partial charge in [0.15, 0.2) is 6.29 Å². The predicted molar refractivity (Wildman–Crippen MR) is 101 cm³/mol. The van der Waals surface area contributed by atoms with Gasteiger partial charge in [-0.2, -0.15) is 0 Å². The largest absolute Gasteiger partial charge is 0.349 e. The van der Waals surface area contributed by atoms with E-state index in [2.05, 4.69) is 4.90 Å².